The Hall–Kier alpha value is -1.09. The zero-order chi connectivity index (χ0) is 12.9. The molecular formula is C14H24N2O. The molecule has 1 aromatic heterocycles. The molecule has 96 valence electrons. The van der Waals surface area contributed by atoms with Gasteiger partial charge in [-0.1, -0.05) is 27.7 Å². The molecule has 3 nitrogen and oxygen atoms in total. The molecule has 0 aliphatic rings. The minimum Gasteiger partial charge on any atom is -0.492 e. The first-order valence-electron chi connectivity index (χ1n) is 6.41. The first-order valence-corrected chi connectivity index (χ1v) is 6.41. The molecule has 1 heterocycles. The molecule has 0 fully saturated rings. The number of pyridine rings is 1. The minimum absolute atomic E-state index is 0.321. The Labute approximate surface area is 104 Å². The van der Waals surface area contributed by atoms with Crippen LogP contribution < -0.4 is 10.5 Å². The van der Waals surface area contributed by atoms with Gasteiger partial charge < -0.3 is 10.5 Å². The first-order chi connectivity index (χ1) is 8.04. The summed E-state index contributed by atoms with van der Waals surface area (Å²) in [5.74, 6) is 1.18. The molecule has 1 atom stereocenters. The van der Waals surface area contributed by atoms with E-state index >= 15 is 0 Å². The van der Waals surface area contributed by atoms with Gasteiger partial charge in [0.05, 0.1) is 12.8 Å². The Balaban J connectivity index is 2.97. The van der Waals surface area contributed by atoms with Gasteiger partial charge >= 0.3 is 0 Å². The summed E-state index contributed by atoms with van der Waals surface area (Å²) in [6.45, 7) is 9.20. The summed E-state index contributed by atoms with van der Waals surface area (Å²) in [7, 11) is 0. The molecule has 0 amide bonds. The van der Waals surface area contributed by atoms with Crippen molar-refractivity contribution in [1.29, 1.82) is 0 Å². The van der Waals surface area contributed by atoms with Gasteiger partial charge in [-0.2, -0.15) is 0 Å². The van der Waals surface area contributed by atoms with E-state index in [1.165, 1.54) is 0 Å². The largest absolute Gasteiger partial charge is 0.492 e. The number of rotatable bonds is 6. The number of hydrogen-bond acceptors (Lipinski definition) is 3. The van der Waals surface area contributed by atoms with Crippen LogP contribution in [0.2, 0.25) is 0 Å². The van der Waals surface area contributed by atoms with Crippen LogP contribution in [0, 0.1) is 5.92 Å². The third kappa shape index (κ3) is 3.19. The normalized spacial score (nSPS) is 14.7. The predicted octanol–water partition coefficient (Wildman–Crippen LogP) is 3.09. The van der Waals surface area contributed by atoms with Crippen molar-refractivity contribution in [3.8, 4) is 5.75 Å². The SMILES string of the molecule is CCCOc1cncc(C(N)(CC)C(C)C)c1. The monoisotopic (exact) mass is 236 g/mol. The quantitative estimate of drug-likeness (QED) is 0.825. The fraction of sp³-hybridized carbons (Fsp3) is 0.643. The van der Waals surface area contributed by atoms with Crippen LogP contribution in [-0.2, 0) is 5.54 Å². The third-order valence-corrected chi connectivity index (χ3v) is 3.34. The molecular weight excluding hydrogens is 212 g/mol. The van der Waals surface area contributed by atoms with E-state index in [9.17, 15) is 0 Å². The standard InChI is InChI=1S/C14H24N2O/c1-5-7-17-13-8-12(9-16-10-13)14(15,6-2)11(3)4/h8-11H,5-7,15H2,1-4H3. The second kappa shape index (κ2) is 6.01. The van der Waals surface area contributed by atoms with E-state index in [0.717, 1.165) is 30.8 Å². The lowest BCUT2D eigenvalue weighted by molar-refractivity contribution is 0.295. The molecule has 0 aliphatic carbocycles. The Kier molecular flexibility index (Phi) is 4.94. The van der Waals surface area contributed by atoms with Crippen molar-refractivity contribution in [2.45, 2.75) is 46.1 Å². The van der Waals surface area contributed by atoms with Crippen molar-refractivity contribution in [1.82, 2.24) is 4.98 Å². The van der Waals surface area contributed by atoms with Crippen LogP contribution in [0.4, 0.5) is 0 Å². The maximum atomic E-state index is 6.46. The molecule has 0 spiro atoms. The van der Waals surface area contributed by atoms with E-state index < -0.39 is 0 Å². The predicted molar refractivity (Wildman–Crippen MR) is 71.0 cm³/mol. The molecule has 1 unspecified atom stereocenters. The molecule has 2 N–H and O–H groups in total. The van der Waals surface area contributed by atoms with Crippen molar-refractivity contribution in [2.24, 2.45) is 11.7 Å². The number of nitrogens with two attached hydrogens (primary N) is 1. The molecule has 3 heteroatoms. The summed E-state index contributed by atoms with van der Waals surface area (Å²) >= 11 is 0. The van der Waals surface area contributed by atoms with Gasteiger partial charge in [0.15, 0.2) is 0 Å². The van der Waals surface area contributed by atoms with Crippen LogP contribution in [0.1, 0.15) is 46.1 Å². The van der Waals surface area contributed by atoms with Crippen LogP contribution in [0.25, 0.3) is 0 Å². The Morgan fingerprint density at radius 1 is 1.35 bits per heavy atom. The minimum atomic E-state index is -0.321. The summed E-state index contributed by atoms with van der Waals surface area (Å²) in [4.78, 5) is 4.23. The number of aromatic nitrogens is 1. The third-order valence-electron chi connectivity index (χ3n) is 3.34. The van der Waals surface area contributed by atoms with E-state index in [4.69, 9.17) is 10.5 Å². The van der Waals surface area contributed by atoms with Crippen LogP contribution in [0.3, 0.4) is 0 Å². The van der Waals surface area contributed by atoms with E-state index in [2.05, 4.69) is 32.7 Å². The summed E-state index contributed by atoms with van der Waals surface area (Å²) in [6.07, 6.45) is 5.48. The highest BCUT2D eigenvalue weighted by atomic mass is 16.5. The lowest BCUT2D eigenvalue weighted by Crippen LogP contribution is -2.41. The van der Waals surface area contributed by atoms with Crippen molar-refractivity contribution in [3.05, 3.63) is 24.0 Å². The lowest BCUT2D eigenvalue weighted by atomic mass is 9.79. The van der Waals surface area contributed by atoms with Crippen molar-refractivity contribution in [2.75, 3.05) is 6.61 Å². The Morgan fingerprint density at radius 2 is 2.06 bits per heavy atom. The van der Waals surface area contributed by atoms with Gasteiger partial charge in [-0.05, 0) is 30.4 Å². The maximum absolute atomic E-state index is 6.46. The van der Waals surface area contributed by atoms with Crippen LogP contribution in [0.15, 0.2) is 18.5 Å². The Morgan fingerprint density at radius 3 is 2.59 bits per heavy atom. The highest BCUT2D eigenvalue weighted by Gasteiger charge is 2.29. The molecule has 17 heavy (non-hydrogen) atoms. The number of ether oxygens (including phenoxy) is 1. The van der Waals surface area contributed by atoms with Gasteiger partial charge in [-0.3, -0.25) is 4.98 Å². The maximum Gasteiger partial charge on any atom is 0.137 e. The van der Waals surface area contributed by atoms with Crippen molar-refractivity contribution >= 4 is 0 Å². The molecule has 0 radical (unpaired) electrons. The van der Waals surface area contributed by atoms with E-state index in [1.807, 2.05) is 12.3 Å². The van der Waals surface area contributed by atoms with Crippen LogP contribution >= 0.6 is 0 Å². The molecule has 0 bridgehead atoms. The highest BCUT2D eigenvalue weighted by Crippen LogP contribution is 2.31. The van der Waals surface area contributed by atoms with Crippen LogP contribution in [-0.4, -0.2) is 11.6 Å². The zero-order valence-corrected chi connectivity index (χ0v) is 11.4. The fourth-order valence-electron chi connectivity index (χ4n) is 1.92. The summed E-state index contributed by atoms with van der Waals surface area (Å²) in [5, 5.41) is 0. The van der Waals surface area contributed by atoms with Crippen molar-refractivity contribution in [3.63, 3.8) is 0 Å². The molecule has 0 saturated heterocycles. The highest BCUT2D eigenvalue weighted by molar-refractivity contribution is 5.29. The van der Waals surface area contributed by atoms with E-state index in [1.54, 1.807) is 6.20 Å². The summed E-state index contributed by atoms with van der Waals surface area (Å²) in [5.41, 5.74) is 7.20. The lowest BCUT2D eigenvalue weighted by Gasteiger charge is -2.33. The van der Waals surface area contributed by atoms with Gasteiger partial charge in [-0.25, -0.2) is 0 Å². The smallest absolute Gasteiger partial charge is 0.137 e. The average Bonchev–Trinajstić information content (AvgIpc) is 2.35. The molecule has 0 saturated carbocycles. The average molecular weight is 236 g/mol. The summed E-state index contributed by atoms with van der Waals surface area (Å²) < 4.78 is 5.60. The van der Waals surface area contributed by atoms with Gasteiger partial charge in [0.25, 0.3) is 0 Å². The van der Waals surface area contributed by atoms with E-state index in [0.29, 0.717) is 5.92 Å². The Bertz CT molecular complexity index is 352. The first kappa shape index (κ1) is 14.0. The number of hydrogen-bond donors (Lipinski definition) is 1. The van der Waals surface area contributed by atoms with Gasteiger partial charge in [-0.15, -0.1) is 0 Å². The molecule has 0 aromatic carbocycles. The second-order valence-electron chi connectivity index (χ2n) is 4.81. The zero-order valence-electron chi connectivity index (χ0n) is 11.4. The second-order valence-corrected chi connectivity index (χ2v) is 4.81. The van der Waals surface area contributed by atoms with Crippen molar-refractivity contribution < 1.29 is 4.74 Å². The van der Waals surface area contributed by atoms with Crippen LogP contribution in [0.5, 0.6) is 5.75 Å². The molecule has 0 aliphatic heterocycles. The summed E-state index contributed by atoms with van der Waals surface area (Å²) in [6, 6.07) is 2.02. The number of nitrogens with zero attached hydrogens (tertiary/aromatic N) is 1. The fourth-order valence-corrected chi connectivity index (χ4v) is 1.92. The molecule has 1 rings (SSSR count). The van der Waals surface area contributed by atoms with Gasteiger partial charge in [0.1, 0.15) is 5.75 Å². The molecule has 1 aromatic rings. The van der Waals surface area contributed by atoms with Gasteiger partial charge in [0.2, 0.25) is 0 Å². The van der Waals surface area contributed by atoms with Gasteiger partial charge in [0, 0.05) is 11.7 Å². The topological polar surface area (TPSA) is 48.1 Å². The van der Waals surface area contributed by atoms with E-state index in [-0.39, 0.29) is 5.54 Å².